The van der Waals surface area contributed by atoms with E-state index in [1.165, 1.54) is 7.11 Å². The zero-order valence-electron chi connectivity index (χ0n) is 14.8. The quantitative estimate of drug-likeness (QED) is 0.665. The molecule has 2 heterocycles. The van der Waals surface area contributed by atoms with Crippen LogP contribution < -0.4 is 9.47 Å². The van der Waals surface area contributed by atoms with Gasteiger partial charge in [-0.15, -0.1) is 5.10 Å². The van der Waals surface area contributed by atoms with E-state index in [0.717, 1.165) is 35.2 Å². The molecule has 0 aliphatic heterocycles. The predicted octanol–water partition coefficient (Wildman–Crippen LogP) is 3.95. The van der Waals surface area contributed by atoms with Crippen LogP contribution in [-0.4, -0.2) is 33.1 Å². The molecule has 1 aliphatic rings. The highest BCUT2D eigenvalue weighted by Crippen LogP contribution is 2.36. The van der Waals surface area contributed by atoms with E-state index >= 15 is 0 Å². The SMILES string of the molecule is COc1nn(C(=O)O)c2ccc(O[C@H]3CCCc4cc(C#N)c(Cl)nc43)cc12. The van der Waals surface area contributed by atoms with Gasteiger partial charge in [0.1, 0.15) is 23.1 Å². The molecule has 0 fully saturated rings. The molecule has 1 atom stereocenters. The molecule has 1 aliphatic carbocycles. The van der Waals surface area contributed by atoms with Gasteiger partial charge in [-0.05, 0) is 49.1 Å². The Bertz CT molecular complexity index is 1140. The number of methoxy groups -OCH3 is 1. The molecule has 0 amide bonds. The van der Waals surface area contributed by atoms with E-state index in [1.54, 1.807) is 24.3 Å². The van der Waals surface area contributed by atoms with Crippen molar-refractivity contribution >= 4 is 28.6 Å². The van der Waals surface area contributed by atoms with E-state index in [-0.39, 0.29) is 17.1 Å². The van der Waals surface area contributed by atoms with Gasteiger partial charge in [0.15, 0.2) is 0 Å². The molecular weight excluding hydrogens is 384 g/mol. The highest BCUT2D eigenvalue weighted by molar-refractivity contribution is 6.30. The van der Waals surface area contributed by atoms with E-state index in [4.69, 9.17) is 26.3 Å². The number of halogens is 1. The van der Waals surface area contributed by atoms with Crippen LogP contribution in [0.2, 0.25) is 5.15 Å². The van der Waals surface area contributed by atoms with Crippen LogP contribution in [0.15, 0.2) is 24.3 Å². The monoisotopic (exact) mass is 398 g/mol. The van der Waals surface area contributed by atoms with Crippen molar-refractivity contribution in [3.8, 4) is 17.7 Å². The summed E-state index contributed by atoms with van der Waals surface area (Å²) in [5.74, 6) is 0.739. The first-order valence-electron chi connectivity index (χ1n) is 8.58. The summed E-state index contributed by atoms with van der Waals surface area (Å²) in [5, 5.41) is 23.1. The molecule has 1 N–H and O–H groups in total. The Kier molecular flexibility index (Phi) is 4.53. The van der Waals surface area contributed by atoms with Gasteiger partial charge in [0.05, 0.1) is 29.3 Å². The van der Waals surface area contributed by atoms with Crippen LogP contribution in [0.1, 0.15) is 35.8 Å². The normalized spacial score (nSPS) is 15.7. The fraction of sp³-hybridized carbons (Fsp3) is 0.263. The van der Waals surface area contributed by atoms with Crippen molar-refractivity contribution in [2.24, 2.45) is 0 Å². The first kappa shape index (κ1) is 18.1. The van der Waals surface area contributed by atoms with Crippen LogP contribution in [0, 0.1) is 11.3 Å². The molecule has 9 heteroatoms. The Hall–Kier alpha value is -3.31. The van der Waals surface area contributed by atoms with E-state index < -0.39 is 6.09 Å². The van der Waals surface area contributed by atoms with Crippen LogP contribution >= 0.6 is 11.6 Å². The number of aryl methyl sites for hydroxylation is 1. The van der Waals surface area contributed by atoms with Crippen LogP contribution in [0.25, 0.3) is 10.9 Å². The summed E-state index contributed by atoms with van der Waals surface area (Å²) in [7, 11) is 1.43. The minimum Gasteiger partial charge on any atom is -0.484 e. The maximum absolute atomic E-state index is 11.3. The molecule has 2 aromatic heterocycles. The van der Waals surface area contributed by atoms with Gasteiger partial charge >= 0.3 is 6.09 Å². The standard InChI is InChI=1S/C19H15ClN4O4/c1-27-18-13-8-12(5-6-14(13)24(23-18)19(25)26)28-15-4-2-3-10-7-11(9-21)17(20)22-16(10)15/h5-8,15H,2-4H2,1H3,(H,25,26)/t15-/m0/s1. The molecule has 0 saturated carbocycles. The molecule has 28 heavy (non-hydrogen) atoms. The van der Waals surface area contributed by atoms with Crippen LogP contribution in [0.3, 0.4) is 0 Å². The van der Waals surface area contributed by atoms with Gasteiger partial charge < -0.3 is 14.6 Å². The van der Waals surface area contributed by atoms with Gasteiger partial charge in [-0.1, -0.05) is 11.6 Å². The molecule has 4 rings (SSSR count). The number of carboxylic acid groups (broad SMARTS) is 1. The van der Waals surface area contributed by atoms with E-state index in [9.17, 15) is 9.90 Å². The minimum atomic E-state index is -1.20. The second-order valence-corrected chi connectivity index (χ2v) is 6.72. The number of nitrogens with zero attached hydrogens (tertiary/aromatic N) is 4. The van der Waals surface area contributed by atoms with Gasteiger partial charge in [-0.2, -0.15) is 9.94 Å². The number of hydrogen-bond donors (Lipinski definition) is 1. The lowest BCUT2D eigenvalue weighted by molar-refractivity contribution is 0.178. The third kappa shape index (κ3) is 3.00. The number of ether oxygens (including phenoxy) is 2. The first-order chi connectivity index (χ1) is 13.5. The Morgan fingerprint density at radius 2 is 2.25 bits per heavy atom. The maximum Gasteiger partial charge on any atom is 0.432 e. The molecule has 142 valence electrons. The number of rotatable bonds is 3. The summed E-state index contributed by atoms with van der Waals surface area (Å²) in [5.41, 5.74) is 2.44. The summed E-state index contributed by atoms with van der Waals surface area (Å²) >= 11 is 6.11. The molecule has 0 radical (unpaired) electrons. The molecule has 0 saturated heterocycles. The summed E-state index contributed by atoms with van der Waals surface area (Å²) in [4.78, 5) is 15.7. The molecule has 0 spiro atoms. The predicted molar refractivity (Wildman–Crippen MR) is 100.0 cm³/mol. The Morgan fingerprint density at radius 1 is 1.43 bits per heavy atom. The second-order valence-electron chi connectivity index (χ2n) is 6.36. The summed E-state index contributed by atoms with van der Waals surface area (Å²) < 4.78 is 12.2. The average Bonchev–Trinajstić information content (AvgIpc) is 3.06. The van der Waals surface area contributed by atoms with Gasteiger partial charge in [0, 0.05) is 0 Å². The van der Waals surface area contributed by atoms with Gasteiger partial charge in [0.25, 0.3) is 0 Å². The number of nitriles is 1. The van der Waals surface area contributed by atoms with Gasteiger partial charge in [0.2, 0.25) is 5.88 Å². The molecule has 0 bridgehead atoms. The number of benzene rings is 1. The van der Waals surface area contributed by atoms with Crippen molar-refractivity contribution in [1.29, 1.82) is 5.26 Å². The highest BCUT2D eigenvalue weighted by Gasteiger charge is 2.26. The lowest BCUT2D eigenvalue weighted by atomic mass is 9.92. The second kappa shape index (κ2) is 7.02. The number of fused-ring (bicyclic) bond motifs is 2. The molecule has 8 nitrogen and oxygen atoms in total. The Balaban J connectivity index is 1.71. The minimum absolute atomic E-state index is 0.164. The molecule has 1 aromatic carbocycles. The highest BCUT2D eigenvalue weighted by atomic mass is 35.5. The number of hydrogen-bond acceptors (Lipinski definition) is 6. The van der Waals surface area contributed by atoms with Crippen molar-refractivity contribution in [3.63, 3.8) is 0 Å². The topological polar surface area (TPSA) is 110 Å². The van der Waals surface area contributed by atoms with Crippen LogP contribution in [-0.2, 0) is 6.42 Å². The summed E-state index contributed by atoms with van der Waals surface area (Å²) in [6.45, 7) is 0. The van der Waals surface area contributed by atoms with E-state index in [2.05, 4.69) is 10.1 Å². The Morgan fingerprint density at radius 3 is 2.96 bits per heavy atom. The lowest BCUT2D eigenvalue weighted by Gasteiger charge is -2.25. The third-order valence-electron chi connectivity index (χ3n) is 4.70. The Labute approximate surface area is 164 Å². The summed E-state index contributed by atoms with van der Waals surface area (Å²) in [6, 6.07) is 8.81. The largest absolute Gasteiger partial charge is 0.484 e. The zero-order valence-corrected chi connectivity index (χ0v) is 15.6. The number of carbonyl (C=O) groups is 1. The fourth-order valence-electron chi connectivity index (χ4n) is 3.44. The van der Waals surface area contributed by atoms with Gasteiger partial charge in [-0.25, -0.2) is 9.78 Å². The van der Waals surface area contributed by atoms with Gasteiger partial charge in [-0.3, -0.25) is 0 Å². The van der Waals surface area contributed by atoms with Crippen LogP contribution in [0.5, 0.6) is 11.6 Å². The molecule has 3 aromatic rings. The van der Waals surface area contributed by atoms with Crippen molar-refractivity contribution in [2.45, 2.75) is 25.4 Å². The zero-order chi connectivity index (χ0) is 19.8. The van der Waals surface area contributed by atoms with E-state index in [1.807, 2.05) is 6.07 Å². The number of pyridine rings is 1. The smallest absolute Gasteiger partial charge is 0.432 e. The average molecular weight is 399 g/mol. The molecular formula is C19H15ClN4O4. The van der Waals surface area contributed by atoms with Crippen molar-refractivity contribution in [1.82, 2.24) is 14.8 Å². The van der Waals surface area contributed by atoms with Crippen molar-refractivity contribution in [3.05, 3.63) is 46.2 Å². The fourth-order valence-corrected chi connectivity index (χ4v) is 3.62. The first-order valence-corrected chi connectivity index (χ1v) is 8.95. The maximum atomic E-state index is 11.3. The molecule has 0 unspecified atom stereocenters. The van der Waals surface area contributed by atoms with Crippen molar-refractivity contribution < 1.29 is 19.4 Å². The van der Waals surface area contributed by atoms with E-state index in [0.29, 0.717) is 22.2 Å². The summed E-state index contributed by atoms with van der Waals surface area (Å²) in [6.07, 6.45) is 0.953. The van der Waals surface area contributed by atoms with Crippen LogP contribution in [0.4, 0.5) is 4.79 Å². The number of aromatic nitrogens is 3. The van der Waals surface area contributed by atoms with Crippen molar-refractivity contribution in [2.75, 3.05) is 7.11 Å². The lowest BCUT2D eigenvalue weighted by Crippen LogP contribution is -2.17. The third-order valence-corrected chi connectivity index (χ3v) is 4.98.